The second kappa shape index (κ2) is 11.4. The summed E-state index contributed by atoms with van der Waals surface area (Å²) in [4.78, 5) is 29.2. The quantitative estimate of drug-likeness (QED) is 0.736. The molecule has 0 saturated carbocycles. The van der Waals surface area contributed by atoms with Gasteiger partial charge < -0.3 is 20.1 Å². The largest absolute Gasteiger partial charge is 0.482 e. The molecule has 1 fully saturated rings. The van der Waals surface area contributed by atoms with Crippen molar-refractivity contribution in [3.8, 4) is 5.75 Å². The van der Waals surface area contributed by atoms with E-state index in [1.807, 2.05) is 12.1 Å². The minimum absolute atomic E-state index is 0. The van der Waals surface area contributed by atoms with Crippen LogP contribution < -0.4 is 15.0 Å². The molecule has 3 rings (SSSR count). The van der Waals surface area contributed by atoms with Crippen LogP contribution in [0.15, 0.2) is 48.8 Å². The second-order valence-electron chi connectivity index (χ2n) is 6.15. The van der Waals surface area contributed by atoms with Crippen molar-refractivity contribution >= 4 is 42.4 Å². The lowest BCUT2D eigenvalue weighted by Gasteiger charge is -2.33. The predicted molar refractivity (Wildman–Crippen MR) is 111 cm³/mol. The number of benzene rings is 1. The molecule has 2 N–H and O–H groups in total. The van der Waals surface area contributed by atoms with Crippen molar-refractivity contribution in [1.82, 2.24) is 10.3 Å². The molecule has 0 spiro atoms. The highest BCUT2D eigenvalue weighted by atomic mass is 35.5. The zero-order valence-electron chi connectivity index (χ0n) is 15.1. The summed E-state index contributed by atoms with van der Waals surface area (Å²) in [5.41, 5.74) is 1.69. The first-order valence-electron chi connectivity index (χ1n) is 8.52. The Kier molecular flexibility index (Phi) is 9.55. The zero-order valence-corrected chi connectivity index (χ0v) is 16.7. The van der Waals surface area contributed by atoms with Crippen LogP contribution in [0.5, 0.6) is 5.75 Å². The molecule has 152 valence electrons. The number of halogens is 2. The van der Waals surface area contributed by atoms with Gasteiger partial charge in [0.1, 0.15) is 5.75 Å². The van der Waals surface area contributed by atoms with Gasteiger partial charge in [-0.15, -0.1) is 24.8 Å². The van der Waals surface area contributed by atoms with Crippen LogP contribution >= 0.6 is 24.8 Å². The van der Waals surface area contributed by atoms with E-state index in [0.29, 0.717) is 11.3 Å². The van der Waals surface area contributed by atoms with Crippen molar-refractivity contribution in [1.29, 1.82) is 0 Å². The molecule has 9 heteroatoms. The molecule has 0 atom stereocenters. The number of nitrogens with one attached hydrogen (secondary N) is 1. The van der Waals surface area contributed by atoms with E-state index >= 15 is 0 Å². The molecule has 0 unspecified atom stereocenters. The molecule has 7 nitrogen and oxygen atoms in total. The molecule has 1 aromatic carbocycles. The van der Waals surface area contributed by atoms with Crippen LogP contribution in [0, 0.1) is 0 Å². The second-order valence-corrected chi connectivity index (χ2v) is 6.15. The number of pyridine rings is 1. The van der Waals surface area contributed by atoms with Crippen molar-refractivity contribution in [3.05, 3.63) is 54.4 Å². The number of rotatable bonds is 6. The van der Waals surface area contributed by atoms with E-state index in [1.165, 1.54) is 0 Å². The Morgan fingerprint density at radius 2 is 1.68 bits per heavy atom. The number of piperidine rings is 1. The topological polar surface area (TPSA) is 91.8 Å². The summed E-state index contributed by atoms with van der Waals surface area (Å²) in [6.45, 7) is 1.37. The van der Waals surface area contributed by atoms with Crippen LogP contribution in [0.25, 0.3) is 0 Å². The third-order valence-corrected chi connectivity index (χ3v) is 4.34. The summed E-state index contributed by atoms with van der Waals surface area (Å²) >= 11 is 0. The average molecular weight is 428 g/mol. The van der Waals surface area contributed by atoms with Crippen LogP contribution in [0.2, 0.25) is 0 Å². The number of carbonyl (C=O) groups excluding carboxylic acids is 1. The van der Waals surface area contributed by atoms with E-state index in [4.69, 9.17) is 9.84 Å². The number of aromatic nitrogens is 1. The molecule has 1 aromatic heterocycles. The molecule has 1 aliphatic rings. The van der Waals surface area contributed by atoms with Crippen LogP contribution in [-0.4, -0.2) is 47.7 Å². The van der Waals surface area contributed by atoms with Crippen LogP contribution in [0.1, 0.15) is 23.2 Å². The summed E-state index contributed by atoms with van der Waals surface area (Å²) in [6.07, 6.45) is 5.34. The molecular formula is C19H23Cl2N3O4. The lowest BCUT2D eigenvalue weighted by atomic mass is 10.0. The summed E-state index contributed by atoms with van der Waals surface area (Å²) in [6, 6.07) is 10.6. The molecule has 28 heavy (non-hydrogen) atoms. The highest BCUT2D eigenvalue weighted by molar-refractivity contribution is 5.94. The van der Waals surface area contributed by atoms with Crippen molar-refractivity contribution in [2.75, 3.05) is 24.6 Å². The average Bonchev–Trinajstić information content (AvgIpc) is 2.68. The standard InChI is InChI=1S/C19H21N3O4.2ClH/c23-18(24)13-26-17-3-1-14(2-4-17)19(25)21-15-7-11-22(12-8-15)16-5-9-20-10-6-16;;/h1-6,9-10,15H,7-8,11-13H2,(H,21,25)(H,23,24);2*1H. The molecule has 1 aliphatic heterocycles. The molecule has 0 bridgehead atoms. The molecule has 1 amide bonds. The van der Waals surface area contributed by atoms with Gasteiger partial charge in [-0.2, -0.15) is 0 Å². The number of hydrogen-bond donors (Lipinski definition) is 2. The highest BCUT2D eigenvalue weighted by Crippen LogP contribution is 2.19. The minimum Gasteiger partial charge on any atom is -0.482 e. The first-order chi connectivity index (χ1) is 12.6. The minimum atomic E-state index is -1.04. The van der Waals surface area contributed by atoms with E-state index in [-0.39, 0.29) is 36.8 Å². The van der Waals surface area contributed by atoms with Gasteiger partial charge in [-0.1, -0.05) is 0 Å². The van der Waals surface area contributed by atoms with Gasteiger partial charge in [0.15, 0.2) is 6.61 Å². The van der Waals surface area contributed by atoms with Gasteiger partial charge in [0, 0.05) is 42.8 Å². The van der Waals surface area contributed by atoms with Crippen molar-refractivity contribution < 1.29 is 19.4 Å². The van der Waals surface area contributed by atoms with E-state index in [0.717, 1.165) is 31.6 Å². The zero-order chi connectivity index (χ0) is 18.4. The summed E-state index contributed by atoms with van der Waals surface area (Å²) in [7, 11) is 0. The van der Waals surface area contributed by atoms with E-state index in [9.17, 15) is 9.59 Å². The summed E-state index contributed by atoms with van der Waals surface area (Å²) in [5.74, 6) is -0.739. The lowest BCUT2D eigenvalue weighted by molar-refractivity contribution is -0.139. The molecular weight excluding hydrogens is 405 g/mol. The Labute approximate surface area is 175 Å². The van der Waals surface area contributed by atoms with Gasteiger partial charge in [-0.25, -0.2) is 4.79 Å². The SMILES string of the molecule is Cl.Cl.O=C(O)COc1ccc(C(=O)NC2CCN(c3ccncc3)CC2)cc1. The van der Waals surface area contributed by atoms with Crippen LogP contribution in [0.3, 0.4) is 0 Å². The number of carboxylic acids is 1. The monoisotopic (exact) mass is 427 g/mol. The van der Waals surface area contributed by atoms with Crippen LogP contribution in [-0.2, 0) is 4.79 Å². The van der Waals surface area contributed by atoms with Gasteiger partial charge in [-0.05, 0) is 49.2 Å². The number of nitrogens with zero attached hydrogens (tertiary/aromatic N) is 2. The Balaban J connectivity index is 0.00000196. The molecule has 0 radical (unpaired) electrons. The first-order valence-corrected chi connectivity index (χ1v) is 8.52. The van der Waals surface area contributed by atoms with E-state index < -0.39 is 12.6 Å². The summed E-state index contributed by atoms with van der Waals surface area (Å²) < 4.78 is 5.06. The fourth-order valence-corrected chi connectivity index (χ4v) is 2.95. The van der Waals surface area contributed by atoms with E-state index in [1.54, 1.807) is 36.7 Å². The third-order valence-electron chi connectivity index (χ3n) is 4.34. The summed E-state index contributed by atoms with van der Waals surface area (Å²) in [5, 5.41) is 11.7. The normalized spacial score (nSPS) is 13.6. The fourth-order valence-electron chi connectivity index (χ4n) is 2.95. The number of carboxylic acid groups (broad SMARTS) is 1. The van der Waals surface area contributed by atoms with Gasteiger partial charge in [-0.3, -0.25) is 9.78 Å². The lowest BCUT2D eigenvalue weighted by Crippen LogP contribution is -2.44. The van der Waals surface area contributed by atoms with Crippen molar-refractivity contribution in [2.45, 2.75) is 18.9 Å². The molecule has 2 aromatic rings. The number of hydrogen-bond acceptors (Lipinski definition) is 5. The van der Waals surface area contributed by atoms with Crippen LogP contribution in [0.4, 0.5) is 5.69 Å². The van der Waals surface area contributed by atoms with Gasteiger partial charge in [0.2, 0.25) is 0 Å². The molecule has 0 aliphatic carbocycles. The van der Waals surface area contributed by atoms with Gasteiger partial charge in [0.05, 0.1) is 0 Å². The number of carbonyl (C=O) groups is 2. The number of anilines is 1. The maximum atomic E-state index is 12.4. The first kappa shape index (κ1) is 23.5. The molecule has 1 saturated heterocycles. The predicted octanol–water partition coefficient (Wildman–Crippen LogP) is 2.79. The number of amides is 1. The third kappa shape index (κ3) is 6.58. The Bertz CT molecular complexity index is 752. The maximum Gasteiger partial charge on any atom is 0.341 e. The van der Waals surface area contributed by atoms with Crippen molar-refractivity contribution in [2.24, 2.45) is 0 Å². The fraction of sp³-hybridized carbons (Fsp3) is 0.316. The van der Waals surface area contributed by atoms with Gasteiger partial charge >= 0.3 is 5.97 Å². The van der Waals surface area contributed by atoms with Gasteiger partial charge in [0.25, 0.3) is 5.91 Å². The van der Waals surface area contributed by atoms with E-state index in [2.05, 4.69) is 15.2 Å². The number of ether oxygens (including phenoxy) is 1. The number of aliphatic carboxylic acids is 1. The Hall–Kier alpha value is -2.51. The highest BCUT2D eigenvalue weighted by Gasteiger charge is 2.21. The Morgan fingerprint density at radius 3 is 2.25 bits per heavy atom. The molecule has 2 heterocycles. The maximum absolute atomic E-state index is 12.4. The Morgan fingerprint density at radius 1 is 1.07 bits per heavy atom. The van der Waals surface area contributed by atoms with Crippen molar-refractivity contribution in [3.63, 3.8) is 0 Å². The smallest absolute Gasteiger partial charge is 0.341 e.